The highest BCUT2D eigenvalue weighted by atomic mass is 35.5. The second-order valence-corrected chi connectivity index (χ2v) is 12.7. The number of benzene rings is 3. The summed E-state index contributed by atoms with van der Waals surface area (Å²) in [6, 6.07) is 14.3. The molecular weight excluding hydrogens is 613 g/mol. The zero-order chi connectivity index (χ0) is 30.5. The molecule has 3 heterocycles. The van der Waals surface area contributed by atoms with Crippen LogP contribution in [-0.2, 0) is 9.84 Å². The molecule has 43 heavy (non-hydrogen) atoms. The number of halogens is 2. The van der Waals surface area contributed by atoms with Gasteiger partial charge in [0.2, 0.25) is 9.84 Å². The number of hydrogen-bond acceptors (Lipinski definition) is 8. The molecule has 2 aliphatic heterocycles. The van der Waals surface area contributed by atoms with Gasteiger partial charge in [-0.2, -0.15) is 0 Å². The Labute approximate surface area is 258 Å². The van der Waals surface area contributed by atoms with Gasteiger partial charge in [0.05, 0.1) is 50.9 Å². The van der Waals surface area contributed by atoms with E-state index in [0.717, 1.165) is 0 Å². The minimum absolute atomic E-state index is 0.0174. The van der Waals surface area contributed by atoms with E-state index >= 15 is 0 Å². The summed E-state index contributed by atoms with van der Waals surface area (Å²) in [6.45, 7) is 1.53. The highest BCUT2D eigenvalue weighted by Crippen LogP contribution is 2.40. The lowest BCUT2D eigenvalue weighted by Crippen LogP contribution is -2.49. The fraction of sp³-hybridized carbons (Fsp3) is 0.194. The van der Waals surface area contributed by atoms with E-state index in [1.54, 1.807) is 29.2 Å². The highest BCUT2D eigenvalue weighted by Gasteiger charge is 2.39. The average molecular weight is 639 g/mol. The summed E-state index contributed by atoms with van der Waals surface area (Å²) in [5.41, 5.74) is 1.87. The maximum atomic E-state index is 13.9. The second-order valence-electron chi connectivity index (χ2n) is 10.0. The molecule has 0 spiro atoms. The Morgan fingerprint density at radius 3 is 2.16 bits per heavy atom. The third-order valence-corrected chi connectivity index (χ3v) is 10.1. The molecule has 2 aliphatic rings. The van der Waals surface area contributed by atoms with Crippen LogP contribution >= 0.6 is 23.2 Å². The number of aromatic nitrogens is 1. The van der Waals surface area contributed by atoms with Gasteiger partial charge in [-0.05, 0) is 47.5 Å². The molecule has 6 rings (SSSR count). The van der Waals surface area contributed by atoms with Gasteiger partial charge in [0, 0.05) is 44.1 Å². The zero-order valence-electron chi connectivity index (χ0n) is 23.1. The summed E-state index contributed by atoms with van der Waals surface area (Å²) < 4.78 is 38.5. The fourth-order valence-electron chi connectivity index (χ4n) is 5.56. The van der Waals surface area contributed by atoms with Gasteiger partial charge in [0.15, 0.2) is 17.3 Å². The number of piperazine rings is 1. The number of ether oxygens (including phenoxy) is 2. The highest BCUT2D eigenvalue weighted by molar-refractivity contribution is 7.91. The Morgan fingerprint density at radius 2 is 1.49 bits per heavy atom. The molecular formula is C31H25Cl2N3O6S. The van der Waals surface area contributed by atoms with Crippen LogP contribution in [0.4, 0.5) is 5.69 Å². The van der Waals surface area contributed by atoms with Crippen LogP contribution in [-0.4, -0.2) is 70.4 Å². The SMILES string of the molecule is COc1ccc(-c2ccc3c(c2)S(=O)(=O)c2cccc(C(=O)N4CCN(c5c(Cl)cncc5Cl)CC4)c2C3=O)cc1OC. The Bertz CT molecular complexity index is 1890. The van der Waals surface area contributed by atoms with Crippen molar-refractivity contribution in [2.75, 3.05) is 45.3 Å². The van der Waals surface area contributed by atoms with Crippen molar-refractivity contribution in [3.8, 4) is 22.6 Å². The first-order valence-corrected chi connectivity index (χ1v) is 15.5. The van der Waals surface area contributed by atoms with E-state index in [4.69, 9.17) is 32.7 Å². The number of fused-ring (bicyclic) bond motifs is 2. The van der Waals surface area contributed by atoms with Crippen molar-refractivity contribution in [1.29, 1.82) is 0 Å². The van der Waals surface area contributed by atoms with Gasteiger partial charge in [-0.3, -0.25) is 14.6 Å². The van der Waals surface area contributed by atoms with Gasteiger partial charge in [0.25, 0.3) is 5.91 Å². The smallest absolute Gasteiger partial charge is 0.254 e. The molecule has 1 aromatic heterocycles. The second kappa shape index (κ2) is 11.2. The minimum Gasteiger partial charge on any atom is -0.493 e. The number of carbonyl (C=O) groups is 2. The van der Waals surface area contributed by atoms with Crippen LogP contribution in [0.25, 0.3) is 11.1 Å². The molecule has 0 N–H and O–H groups in total. The lowest BCUT2D eigenvalue weighted by molar-refractivity contribution is 0.0742. The fourth-order valence-corrected chi connectivity index (χ4v) is 7.86. The van der Waals surface area contributed by atoms with Crippen molar-refractivity contribution >= 4 is 50.4 Å². The quantitative estimate of drug-likeness (QED) is 0.252. The van der Waals surface area contributed by atoms with Gasteiger partial charge >= 0.3 is 0 Å². The first kappa shape index (κ1) is 29.0. The number of ketones is 1. The van der Waals surface area contributed by atoms with Crippen molar-refractivity contribution in [3.63, 3.8) is 0 Å². The van der Waals surface area contributed by atoms with Crippen molar-refractivity contribution in [2.45, 2.75) is 9.79 Å². The molecule has 1 saturated heterocycles. The van der Waals surface area contributed by atoms with Gasteiger partial charge in [0.1, 0.15) is 0 Å². The topological polar surface area (TPSA) is 106 Å². The van der Waals surface area contributed by atoms with Crippen LogP contribution < -0.4 is 14.4 Å². The van der Waals surface area contributed by atoms with E-state index in [9.17, 15) is 18.0 Å². The Balaban J connectivity index is 1.32. The number of carbonyl (C=O) groups excluding carboxylic acids is 2. The molecule has 3 aromatic carbocycles. The number of methoxy groups -OCH3 is 2. The summed E-state index contributed by atoms with van der Waals surface area (Å²) >= 11 is 12.6. The van der Waals surface area contributed by atoms with Crippen LogP contribution in [0, 0.1) is 0 Å². The molecule has 9 nitrogen and oxygen atoms in total. The number of rotatable bonds is 5. The number of anilines is 1. The number of nitrogens with zero attached hydrogens (tertiary/aromatic N) is 3. The molecule has 12 heteroatoms. The molecule has 0 bridgehead atoms. The first-order chi connectivity index (χ1) is 20.6. The van der Waals surface area contributed by atoms with Crippen LogP contribution in [0.5, 0.6) is 11.5 Å². The van der Waals surface area contributed by atoms with E-state index in [1.165, 1.54) is 56.9 Å². The largest absolute Gasteiger partial charge is 0.493 e. The van der Waals surface area contributed by atoms with Crippen LogP contribution in [0.3, 0.4) is 0 Å². The number of amides is 1. The molecule has 0 aliphatic carbocycles. The van der Waals surface area contributed by atoms with Crippen molar-refractivity contribution in [3.05, 3.63) is 93.7 Å². The molecule has 220 valence electrons. The molecule has 1 fully saturated rings. The Morgan fingerprint density at radius 1 is 0.837 bits per heavy atom. The average Bonchev–Trinajstić information content (AvgIpc) is 3.02. The van der Waals surface area contributed by atoms with Gasteiger partial charge in [-0.25, -0.2) is 8.42 Å². The number of sulfone groups is 1. The van der Waals surface area contributed by atoms with E-state index in [2.05, 4.69) is 4.98 Å². The van der Waals surface area contributed by atoms with E-state index < -0.39 is 21.5 Å². The third-order valence-electron chi connectivity index (χ3n) is 7.72. The molecule has 4 aromatic rings. The summed E-state index contributed by atoms with van der Waals surface area (Å²) in [5.74, 6) is 0.0801. The molecule has 0 unspecified atom stereocenters. The summed E-state index contributed by atoms with van der Waals surface area (Å²) in [4.78, 5) is 34.8. The summed E-state index contributed by atoms with van der Waals surface area (Å²) in [7, 11) is -1.08. The van der Waals surface area contributed by atoms with Crippen molar-refractivity contribution in [1.82, 2.24) is 9.88 Å². The zero-order valence-corrected chi connectivity index (χ0v) is 25.5. The Hall–Kier alpha value is -4.12. The molecule has 0 atom stereocenters. The molecule has 0 radical (unpaired) electrons. The van der Waals surface area contributed by atoms with Crippen LogP contribution in [0.15, 0.2) is 76.8 Å². The Kier molecular flexibility index (Phi) is 7.53. The standard InChI is InChI=1S/C31H25Cl2N3O6S/c1-41-24-9-7-18(14-25(24)42-2)19-6-8-20-27(15-19)43(39,40)26-5-3-4-21(28(26)30(20)37)31(38)36-12-10-35(11-13-36)29-22(32)16-34-17-23(29)33/h3-9,14-17H,10-13H2,1-2H3. The predicted octanol–water partition coefficient (Wildman–Crippen LogP) is 5.41. The van der Waals surface area contributed by atoms with Crippen LogP contribution in [0.2, 0.25) is 10.0 Å². The number of pyridine rings is 1. The molecule has 1 amide bonds. The van der Waals surface area contributed by atoms with Gasteiger partial charge < -0.3 is 19.3 Å². The lowest BCUT2D eigenvalue weighted by atomic mass is 9.94. The third kappa shape index (κ3) is 4.89. The number of hydrogen-bond donors (Lipinski definition) is 0. The van der Waals surface area contributed by atoms with E-state index in [0.29, 0.717) is 64.5 Å². The van der Waals surface area contributed by atoms with Gasteiger partial charge in [-0.15, -0.1) is 0 Å². The maximum absolute atomic E-state index is 13.9. The predicted molar refractivity (Wildman–Crippen MR) is 163 cm³/mol. The van der Waals surface area contributed by atoms with Crippen molar-refractivity contribution in [2.24, 2.45) is 0 Å². The van der Waals surface area contributed by atoms with Gasteiger partial charge in [-0.1, -0.05) is 41.4 Å². The van der Waals surface area contributed by atoms with E-state index in [-0.39, 0.29) is 26.5 Å². The normalized spacial score (nSPS) is 15.5. The first-order valence-electron chi connectivity index (χ1n) is 13.3. The summed E-state index contributed by atoms with van der Waals surface area (Å²) in [6.07, 6.45) is 3.02. The monoisotopic (exact) mass is 637 g/mol. The van der Waals surface area contributed by atoms with Crippen LogP contribution in [0.1, 0.15) is 26.3 Å². The maximum Gasteiger partial charge on any atom is 0.254 e. The molecule has 0 saturated carbocycles. The lowest BCUT2D eigenvalue weighted by Gasteiger charge is -2.37. The van der Waals surface area contributed by atoms with E-state index in [1.807, 2.05) is 4.90 Å². The summed E-state index contributed by atoms with van der Waals surface area (Å²) in [5, 5.41) is 0.821. The minimum atomic E-state index is -4.13. The van der Waals surface area contributed by atoms with Crippen molar-refractivity contribution < 1.29 is 27.5 Å².